The lowest BCUT2D eigenvalue weighted by Crippen LogP contribution is -2.42. The van der Waals surface area contributed by atoms with Gasteiger partial charge in [0.05, 0.1) is 28.4 Å². The Morgan fingerprint density at radius 1 is 1.07 bits per heavy atom. The summed E-state index contributed by atoms with van der Waals surface area (Å²) in [6.45, 7) is 2.08. The molecule has 1 aliphatic heterocycles. The summed E-state index contributed by atoms with van der Waals surface area (Å²) in [5.41, 5.74) is 3.84. The number of carbonyl (C=O) groups is 2. The van der Waals surface area contributed by atoms with Gasteiger partial charge < -0.3 is 5.32 Å². The molecule has 1 atom stereocenters. The molecule has 1 aliphatic carbocycles. The fourth-order valence-electron chi connectivity index (χ4n) is 4.32. The number of carbonyl (C=O) groups excluding carboxylic acids is 2. The highest BCUT2D eigenvalue weighted by molar-refractivity contribution is 7.21. The average molecular weight is 406 g/mol. The Morgan fingerprint density at radius 2 is 1.83 bits per heavy atom. The maximum Gasteiger partial charge on any atom is 0.251 e. The molecule has 1 N–H and O–H groups in total. The lowest BCUT2D eigenvalue weighted by molar-refractivity contribution is -0.121. The molecule has 5 rings (SSSR count). The highest BCUT2D eigenvalue weighted by atomic mass is 32.1. The number of hydrogen-bond donors (Lipinski definition) is 1. The molecule has 5 nitrogen and oxygen atoms in total. The van der Waals surface area contributed by atoms with Gasteiger partial charge in [0, 0.05) is 11.6 Å². The molecule has 1 aromatic heterocycles. The molecule has 0 bridgehead atoms. The summed E-state index contributed by atoms with van der Waals surface area (Å²) in [6.07, 6.45) is 4.82. The van der Waals surface area contributed by atoms with Crippen molar-refractivity contribution in [2.24, 2.45) is 0 Å². The van der Waals surface area contributed by atoms with Gasteiger partial charge in [-0.1, -0.05) is 18.9 Å². The predicted molar refractivity (Wildman–Crippen MR) is 116 cm³/mol. The van der Waals surface area contributed by atoms with Crippen LogP contribution in [0.3, 0.4) is 0 Å². The second kappa shape index (κ2) is 7.35. The molecule has 1 saturated heterocycles. The van der Waals surface area contributed by atoms with Crippen molar-refractivity contribution in [2.45, 2.75) is 51.1 Å². The number of amides is 2. The van der Waals surface area contributed by atoms with Gasteiger partial charge in [-0.2, -0.15) is 0 Å². The smallest absolute Gasteiger partial charge is 0.251 e. The Hall–Kier alpha value is -2.57. The van der Waals surface area contributed by atoms with Crippen molar-refractivity contribution >= 4 is 39.1 Å². The number of benzene rings is 2. The summed E-state index contributed by atoms with van der Waals surface area (Å²) >= 11 is 1.65. The zero-order valence-electron chi connectivity index (χ0n) is 16.4. The quantitative estimate of drug-likeness (QED) is 0.652. The van der Waals surface area contributed by atoms with Crippen molar-refractivity contribution < 1.29 is 9.59 Å². The number of nitrogens with zero attached hydrogens (tertiary/aromatic N) is 2. The summed E-state index contributed by atoms with van der Waals surface area (Å²) in [4.78, 5) is 31.4. The van der Waals surface area contributed by atoms with Crippen LogP contribution in [0.4, 0.5) is 5.69 Å². The number of aromatic nitrogens is 1. The van der Waals surface area contributed by atoms with E-state index >= 15 is 0 Å². The number of aryl methyl sites for hydroxylation is 1. The van der Waals surface area contributed by atoms with Crippen molar-refractivity contribution in [1.82, 2.24) is 10.3 Å². The number of rotatable bonds is 4. The molecule has 6 heteroatoms. The zero-order chi connectivity index (χ0) is 20.0. The second-order valence-electron chi connectivity index (χ2n) is 8.01. The van der Waals surface area contributed by atoms with Gasteiger partial charge in [0.1, 0.15) is 5.01 Å². The van der Waals surface area contributed by atoms with E-state index in [2.05, 4.69) is 24.4 Å². The van der Waals surface area contributed by atoms with E-state index in [-0.39, 0.29) is 18.2 Å². The number of fused-ring (bicyclic) bond motifs is 1. The maximum absolute atomic E-state index is 12.8. The van der Waals surface area contributed by atoms with Crippen molar-refractivity contribution in [2.75, 3.05) is 4.90 Å². The van der Waals surface area contributed by atoms with E-state index in [9.17, 15) is 9.59 Å². The molecular weight excluding hydrogens is 382 g/mol. The van der Waals surface area contributed by atoms with E-state index in [1.54, 1.807) is 11.3 Å². The second-order valence-corrected chi connectivity index (χ2v) is 9.04. The van der Waals surface area contributed by atoms with Crippen LogP contribution in [0, 0.1) is 6.92 Å². The van der Waals surface area contributed by atoms with E-state index in [1.807, 2.05) is 30.3 Å². The molecular formula is C23H23N3O2S. The lowest BCUT2D eigenvalue weighted by Gasteiger charge is -2.18. The maximum atomic E-state index is 12.8. The average Bonchev–Trinajstić information content (AvgIpc) is 3.42. The number of imide groups is 1. The molecule has 0 radical (unpaired) electrons. The predicted octanol–water partition coefficient (Wildman–Crippen LogP) is 4.44. The van der Waals surface area contributed by atoms with E-state index in [0.29, 0.717) is 11.7 Å². The Balaban J connectivity index is 1.36. The minimum atomic E-state index is -0.391. The monoisotopic (exact) mass is 405 g/mol. The molecule has 2 amide bonds. The Bertz CT molecular complexity index is 1080. The number of anilines is 1. The summed E-state index contributed by atoms with van der Waals surface area (Å²) in [6, 6.07) is 13.8. The fourth-order valence-corrected chi connectivity index (χ4v) is 5.39. The SMILES string of the molecule is Cc1ccc2nc(-c3ccc(N4C(=O)C[C@H](NC5CCCC5)C4=O)cc3)sc2c1. The van der Waals surface area contributed by atoms with E-state index in [1.165, 1.54) is 23.3 Å². The molecule has 2 aliphatic rings. The highest BCUT2D eigenvalue weighted by Gasteiger charge is 2.40. The number of thiazole rings is 1. The summed E-state index contributed by atoms with van der Waals surface area (Å²) in [5.74, 6) is -0.265. The molecule has 3 aromatic rings. The molecule has 2 heterocycles. The topological polar surface area (TPSA) is 62.3 Å². The van der Waals surface area contributed by atoms with Gasteiger partial charge >= 0.3 is 0 Å². The van der Waals surface area contributed by atoms with Gasteiger partial charge in [0.25, 0.3) is 5.91 Å². The molecule has 0 spiro atoms. The van der Waals surface area contributed by atoms with Crippen LogP contribution in [-0.4, -0.2) is 28.9 Å². The van der Waals surface area contributed by atoms with Crippen LogP contribution in [0.5, 0.6) is 0 Å². The Labute approximate surface area is 173 Å². The lowest BCUT2D eigenvalue weighted by atomic mass is 10.2. The van der Waals surface area contributed by atoms with Gasteiger partial charge in [-0.3, -0.25) is 9.59 Å². The largest absolute Gasteiger partial charge is 0.303 e. The van der Waals surface area contributed by atoms with Crippen LogP contribution in [0.15, 0.2) is 42.5 Å². The van der Waals surface area contributed by atoms with Crippen LogP contribution in [0.1, 0.15) is 37.7 Å². The van der Waals surface area contributed by atoms with E-state index in [0.717, 1.165) is 33.6 Å². The Morgan fingerprint density at radius 3 is 2.59 bits per heavy atom. The highest BCUT2D eigenvalue weighted by Crippen LogP contribution is 2.33. The first kappa shape index (κ1) is 18.5. The standard InChI is InChI=1S/C23H23N3O2S/c1-14-6-11-18-20(12-14)29-22(25-18)15-7-9-17(10-8-15)26-21(27)13-19(23(26)28)24-16-4-2-3-5-16/h6-12,16,19,24H,2-5,13H2,1H3/t19-/m0/s1. The minimum absolute atomic E-state index is 0.131. The van der Waals surface area contributed by atoms with Crippen molar-refractivity contribution in [3.8, 4) is 10.6 Å². The summed E-state index contributed by atoms with van der Waals surface area (Å²) < 4.78 is 1.16. The summed E-state index contributed by atoms with van der Waals surface area (Å²) in [5, 5.41) is 4.34. The van der Waals surface area contributed by atoms with Crippen molar-refractivity contribution in [3.63, 3.8) is 0 Å². The van der Waals surface area contributed by atoms with Crippen LogP contribution in [0.25, 0.3) is 20.8 Å². The van der Waals surface area contributed by atoms with Gasteiger partial charge in [0.15, 0.2) is 0 Å². The van der Waals surface area contributed by atoms with Crippen LogP contribution < -0.4 is 10.2 Å². The Kier molecular flexibility index (Phi) is 4.68. The van der Waals surface area contributed by atoms with Crippen LogP contribution in [-0.2, 0) is 9.59 Å². The molecule has 0 unspecified atom stereocenters. The molecule has 1 saturated carbocycles. The first-order valence-electron chi connectivity index (χ1n) is 10.2. The van der Waals surface area contributed by atoms with E-state index in [4.69, 9.17) is 4.98 Å². The third kappa shape index (κ3) is 3.47. The van der Waals surface area contributed by atoms with Gasteiger partial charge in [-0.15, -0.1) is 11.3 Å². The third-order valence-electron chi connectivity index (χ3n) is 5.86. The summed E-state index contributed by atoms with van der Waals surface area (Å²) in [7, 11) is 0. The first-order valence-corrected chi connectivity index (χ1v) is 11.0. The molecule has 2 fully saturated rings. The first-order chi connectivity index (χ1) is 14.1. The van der Waals surface area contributed by atoms with Crippen molar-refractivity contribution in [1.29, 1.82) is 0 Å². The van der Waals surface area contributed by atoms with Gasteiger partial charge in [-0.25, -0.2) is 9.88 Å². The normalized spacial score (nSPS) is 20.3. The van der Waals surface area contributed by atoms with E-state index < -0.39 is 6.04 Å². The molecule has 148 valence electrons. The molecule has 2 aromatic carbocycles. The zero-order valence-corrected chi connectivity index (χ0v) is 17.2. The van der Waals surface area contributed by atoms with Crippen molar-refractivity contribution in [3.05, 3.63) is 48.0 Å². The fraction of sp³-hybridized carbons (Fsp3) is 0.348. The minimum Gasteiger partial charge on any atom is -0.303 e. The number of hydrogen-bond acceptors (Lipinski definition) is 5. The van der Waals surface area contributed by atoms with Crippen LogP contribution in [0.2, 0.25) is 0 Å². The number of nitrogens with one attached hydrogen (secondary N) is 1. The van der Waals surface area contributed by atoms with Gasteiger partial charge in [-0.05, 0) is 61.7 Å². The van der Waals surface area contributed by atoms with Crippen LogP contribution >= 0.6 is 11.3 Å². The third-order valence-corrected chi connectivity index (χ3v) is 6.92. The van der Waals surface area contributed by atoms with Gasteiger partial charge in [0.2, 0.25) is 5.91 Å². The molecule has 29 heavy (non-hydrogen) atoms.